The van der Waals surface area contributed by atoms with Crippen LogP contribution in [0.15, 0.2) is 48.5 Å². The van der Waals surface area contributed by atoms with Gasteiger partial charge in [0, 0.05) is 12.2 Å². The van der Waals surface area contributed by atoms with Crippen molar-refractivity contribution in [2.45, 2.75) is 34.2 Å². The molecule has 0 heterocycles. The molecule has 18 heavy (non-hydrogen) atoms. The van der Waals surface area contributed by atoms with E-state index >= 15 is 0 Å². The Labute approximate surface area is 111 Å². The molecule has 0 spiro atoms. The van der Waals surface area contributed by atoms with Crippen molar-refractivity contribution in [3.8, 4) is 0 Å². The molecule has 1 N–H and O–H groups in total. The van der Waals surface area contributed by atoms with Crippen LogP contribution in [0.3, 0.4) is 0 Å². The second kappa shape index (κ2) is 7.54. The molecule has 0 aromatic heterocycles. The van der Waals surface area contributed by atoms with Crippen LogP contribution in [-0.2, 0) is 6.54 Å². The summed E-state index contributed by atoms with van der Waals surface area (Å²) >= 11 is 0. The highest BCUT2D eigenvalue weighted by Crippen LogP contribution is 2.11. The Morgan fingerprint density at radius 3 is 2.11 bits per heavy atom. The lowest BCUT2D eigenvalue weighted by Crippen LogP contribution is -1.99. The van der Waals surface area contributed by atoms with Gasteiger partial charge >= 0.3 is 0 Å². The molecule has 1 heteroatoms. The second-order valence-electron chi connectivity index (χ2n) is 4.21. The van der Waals surface area contributed by atoms with Crippen LogP contribution in [0.5, 0.6) is 0 Å². The number of anilines is 1. The average Bonchev–Trinajstić information content (AvgIpc) is 2.41. The first-order valence-corrected chi connectivity index (χ1v) is 6.60. The van der Waals surface area contributed by atoms with Gasteiger partial charge in [0.05, 0.1) is 0 Å². The van der Waals surface area contributed by atoms with E-state index in [4.69, 9.17) is 0 Å². The molecule has 2 aromatic carbocycles. The normalized spacial score (nSPS) is 9.33. The molecule has 0 aliphatic carbocycles. The zero-order chi connectivity index (χ0) is 13.4. The summed E-state index contributed by atoms with van der Waals surface area (Å²) in [6.45, 7) is 9.10. The van der Waals surface area contributed by atoms with Crippen molar-refractivity contribution < 1.29 is 0 Å². The fourth-order valence-corrected chi connectivity index (χ4v) is 1.67. The van der Waals surface area contributed by atoms with Crippen LogP contribution < -0.4 is 5.32 Å². The van der Waals surface area contributed by atoms with E-state index in [9.17, 15) is 0 Å². The second-order valence-corrected chi connectivity index (χ2v) is 4.21. The summed E-state index contributed by atoms with van der Waals surface area (Å²) < 4.78 is 0. The van der Waals surface area contributed by atoms with Crippen molar-refractivity contribution in [2.24, 2.45) is 0 Å². The maximum Gasteiger partial charge on any atom is 0.0400 e. The van der Waals surface area contributed by atoms with E-state index in [0.717, 1.165) is 6.54 Å². The van der Waals surface area contributed by atoms with Gasteiger partial charge in [0.15, 0.2) is 0 Å². The Hall–Kier alpha value is -1.76. The van der Waals surface area contributed by atoms with Crippen molar-refractivity contribution in [3.05, 3.63) is 65.2 Å². The SMILES string of the molecule is CC.Cc1ccc(CNc2cccc(C)c2)cc1. The summed E-state index contributed by atoms with van der Waals surface area (Å²) in [5, 5.41) is 3.42. The molecule has 2 aromatic rings. The minimum absolute atomic E-state index is 0.879. The van der Waals surface area contributed by atoms with Gasteiger partial charge in [-0.25, -0.2) is 0 Å². The fraction of sp³-hybridized carbons (Fsp3) is 0.294. The van der Waals surface area contributed by atoms with Gasteiger partial charge in [-0.05, 0) is 37.1 Å². The van der Waals surface area contributed by atoms with Crippen LogP contribution in [0.4, 0.5) is 5.69 Å². The van der Waals surface area contributed by atoms with Gasteiger partial charge in [-0.15, -0.1) is 0 Å². The summed E-state index contributed by atoms with van der Waals surface area (Å²) in [6.07, 6.45) is 0. The van der Waals surface area contributed by atoms with Gasteiger partial charge in [-0.1, -0.05) is 55.8 Å². The minimum Gasteiger partial charge on any atom is -0.381 e. The monoisotopic (exact) mass is 241 g/mol. The molecule has 0 atom stereocenters. The maximum atomic E-state index is 3.42. The first-order valence-electron chi connectivity index (χ1n) is 6.60. The first-order chi connectivity index (χ1) is 8.74. The van der Waals surface area contributed by atoms with E-state index in [1.54, 1.807) is 0 Å². The summed E-state index contributed by atoms with van der Waals surface area (Å²) in [5.74, 6) is 0. The molecule has 0 bridgehead atoms. The van der Waals surface area contributed by atoms with Crippen LogP contribution in [0.1, 0.15) is 30.5 Å². The van der Waals surface area contributed by atoms with Crippen LogP contribution in [0.25, 0.3) is 0 Å². The highest BCUT2D eigenvalue weighted by atomic mass is 14.9. The van der Waals surface area contributed by atoms with Gasteiger partial charge in [0.2, 0.25) is 0 Å². The van der Waals surface area contributed by atoms with Crippen molar-refractivity contribution in [1.29, 1.82) is 0 Å². The number of hydrogen-bond acceptors (Lipinski definition) is 1. The zero-order valence-corrected chi connectivity index (χ0v) is 11.8. The molecule has 0 saturated heterocycles. The molecule has 0 unspecified atom stereocenters. The van der Waals surface area contributed by atoms with Gasteiger partial charge in [-0.2, -0.15) is 0 Å². The number of rotatable bonds is 3. The third-order valence-electron chi connectivity index (χ3n) is 2.64. The Kier molecular flexibility index (Phi) is 5.99. The van der Waals surface area contributed by atoms with Crippen molar-refractivity contribution in [2.75, 3.05) is 5.32 Å². The third kappa shape index (κ3) is 4.62. The molecular formula is C17H23N. The van der Waals surface area contributed by atoms with Crippen LogP contribution in [0.2, 0.25) is 0 Å². The Morgan fingerprint density at radius 1 is 0.833 bits per heavy atom. The highest BCUT2D eigenvalue weighted by molar-refractivity contribution is 5.45. The van der Waals surface area contributed by atoms with E-state index < -0.39 is 0 Å². The molecule has 96 valence electrons. The van der Waals surface area contributed by atoms with Gasteiger partial charge < -0.3 is 5.32 Å². The smallest absolute Gasteiger partial charge is 0.0400 e. The predicted molar refractivity (Wildman–Crippen MR) is 81.0 cm³/mol. The molecule has 0 aliphatic rings. The predicted octanol–water partition coefficient (Wildman–Crippen LogP) is 4.94. The van der Waals surface area contributed by atoms with Gasteiger partial charge in [0.25, 0.3) is 0 Å². The fourth-order valence-electron chi connectivity index (χ4n) is 1.67. The van der Waals surface area contributed by atoms with Gasteiger partial charge in [-0.3, -0.25) is 0 Å². The van der Waals surface area contributed by atoms with Crippen molar-refractivity contribution in [3.63, 3.8) is 0 Å². The van der Waals surface area contributed by atoms with Gasteiger partial charge in [0.1, 0.15) is 0 Å². The van der Waals surface area contributed by atoms with E-state index in [-0.39, 0.29) is 0 Å². The standard InChI is InChI=1S/C15H17N.C2H6/c1-12-6-8-14(9-7-12)11-16-15-5-3-4-13(2)10-15;1-2/h3-10,16H,11H2,1-2H3;1-2H3. The molecule has 0 radical (unpaired) electrons. The topological polar surface area (TPSA) is 12.0 Å². The summed E-state index contributed by atoms with van der Waals surface area (Å²) in [7, 11) is 0. The quantitative estimate of drug-likeness (QED) is 0.802. The van der Waals surface area contributed by atoms with Crippen LogP contribution in [-0.4, -0.2) is 0 Å². The lowest BCUT2D eigenvalue weighted by atomic mass is 10.1. The summed E-state index contributed by atoms with van der Waals surface area (Å²) in [5.41, 5.74) is 5.08. The molecule has 0 fully saturated rings. The van der Waals surface area contributed by atoms with Crippen LogP contribution in [0, 0.1) is 13.8 Å². The number of aryl methyl sites for hydroxylation is 2. The Morgan fingerprint density at radius 2 is 1.50 bits per heavy atom. The zero-order valence-electron chi connectivity index (χ0n) is 11.8. The summed E-state index contributed by atoms with van der Waals surface area (Å²) in [4.78, 5) is 0. The summed E-state index contributed by atoms with van der Waals surface area (Å²) in [6, 6.07) is 17.1. The molecular weight excluding hydrogens is 218 g/mol. The highest BCUT2D eigenvalue weighted by Gasteiger charge is 1.94. The lowest BCUT2D eigenvalue weighted by Gasteiger charge is -2.07. The largest absolute Gasteiger partial charge is 0.381 e. The first kappa shape index (κ1) is 14.3. The lowest BCUT2D eigenvalue weighted by molar-refractivity contribution is 1.14. The van der Waals surface area contributed by atoms with Crippen LogP contribution >= 0.6 is 0 Å². The van der Waals surface area contributed by atoms with E-state index in [0.29, 0.717) is 0 Å². The number of nitrogens with one attached hydrogen (secondary N) is 1. The number of hydrogen-bond donors (Lipinski definition) is 1. The Bertz CT molecular complexity index is 457. The molecule has 1 nitrogen and oxygen atoms in total. The van der Waals surface area contributed by atoms with E-state index in [1.807, 2.05) is 13.8 Å². The minimum atomic E-state index is 0.879. The van der Waals surface area contributed by atoms with Crippen molar-refractivity contribution in [1.82, 2.24) is 0 Å². The van der Waals surface area contributed by atoms with Crippen molar-refractivity contribution >= 4 is 5.69 Å². The maximum absolute atomic E-state index is 3.42. The average molecular weight is 241 g/mol. The Balaban J connectivity index is 0.000000771. The third-order valence-corrected chi connectivity index (χ3v) is 2.64. The van der Waals surface area contributed by atoms with E-state index in [2.05, 4.69) is 67.7 Å². The molecule has 0 aliphatic heterocycles. The number of benzene rings is 2. The molecule has 2 rings (SSSR count). The molecule has 0 saturated carbocycles. The van der Waals surface area contributed by atoms with E-state index in [1.165, 1.54) is 22.4 Å². The molecule has 0 amide bonds.